The third kappa shape index (κ3) is 3.68. The molecule has 3 rings (SSSR count). The molecule has 1 amide bonds. The van der Waals surface area contributed by atoms with Gasteiger partial charge in [0.05, 0.1) is 6.54 Å². The predicted octanol–water partition coefficient (Wildman–Crippen LogP) is 1.99. The monoisotopic (exact) mass is 336 g/mol. The van der Waals surface area contributed by atoms with Gasteiger partial charge in [-0.15, -0.1) is 5.10 Å². The molecule has 0 unspecified atom stereocenters. The smallest absolute Gasteiger partial charge is 0.345 e. The van der Waals surface area contributed by atoms with E-state index < -0.39 is 0 Å². The van der Waals surface area contributed by atoms with Gasteiger partial charge in [0, 0.05) is 24.7 Å². The predicted molar refractivity (Wildman–Crippen MR) is 96.4 cm³/mol. The molecular formula is C19H20N4O2. The normalized spacial score (nSPS) is 10.6. The van der Waals surface area contributed by atoms with Gasteiger partial charge in [0.25, 0.3) is 5.91 Å². The molecule has 128 valence electrons. The molecule has 1 aromatic heterocycles. The molecule has 0 bridgehead atoms. The van der Waals surface area contributed by atoms with E-state index in [1.807, 2.05) is 49.4 Å². The van der Waals surface area contributed by atoms with E-state index in [0.29, 0.717) is 24.5 Å². The molecule has 6 nitrogen and oxygen atoms in total. The maximum absolute atomic E-state index is 12.3. The van der Waals surface area contributed by atoms with Gasteiger partial charge in [0.15, 0.2) is 5.82 Å². The van der Waals surface area contributed by atoms with Crippen molar-refractivity contribution in [2.45, 2.75) is 13.5 Å². The van der Waals surface area contributed by atoms with Crippen LogP contribution in [0, 0.1) is 6.92 Å². The van der Waals surface area contributed by atoms with E-state index in [2.05, 4.69) is 10.4 Å². The Balaban J connectivity index is 1.67. The maximum atomic E-state index is 12.3. The first-order chi connectivity index (χ1) is 12.1. The van der Waals surface area contributed by atoms with E-state index in [4.69, 9.17) is 0 Å². The molecule has 0 aliphatic rings. The molecule has 1 heterocycles. The number of nitrogens with one attached hydrogen (secondary N) is 1. The summed E-state index contributed by atoms with van der Waals surface area (Å²) < 4.78 is 2.88. The molecule has 2 aromatic carbocycles. The van der Waals surface area contributed by atoms with Crippen LogP contribution < -0.4 is 11.0 Å². The molecule has 6 heteroatoms. The number of carbonyl (C=O) groups is 1. The fraction of sp³-hybridized carbons (Fsp3) is 0.211. The number of carbonyl (C=O) groups excluding carboxylic acids is 1. The lowest BCUT2D eigenvalue weighted by Gasteiger charge is -2.05. The Hall–Kier alpha value is -3.15. The molecule has 0 fully saturated rings. The van der Waals surface area contributed by atoms with Crippen molar-refractivity contribution in [2.24, 2.45) is 7.05 Å². The number of hydrogen-bond acceptors (Lipinski definition) is 3. The third-order valence-electron chi connectivity index (χ3n) is 4.00. The fourth-order valence-corrected chi connectivity index (χ4v) is 2.55. The van der Waals surface area contributed by atoms with Crippen LogP contribution in [0.15, 0.2) is 59.4 Å². The first-order valence-electron chi connectivity index (χ1n) is 8.10. The number of aromatic nitrogens is 3. The highest BCUT2D eigenvalue weighted by Crippen LogP contribution is 2.13. The standard InChI is InChI=1S/C19H20N4O2/c1-14-8-10-16(11-9-14)18(24)20-12-13-23-19(25)22(2)17(21-23)15-6-4-3-5-7-15/h3-11H,12-13H2,1-2H3,(H,20,24). The van der Waals surface area contributed by atoms with Gasteiger partial charge in [-0.3, -0.25) is 9.36 Å². The topological polar surface area (TPSA) is 68.9 Å². The zero-order valence-corrected chi connectivity index (χ0v) is 14.3. The second-order valence-corrected chi connectivity index (χ2v) is 5.88. The quantitative estimate of drug-likeness (QED) is 0.775. The van der Waals surface area contributed by atoms with Crippen LogP contribution in [0.1, 0.15) is 15.9 Å². The van der Waals surface area contributed by atoms with Gasteiger partial charge >= 0.3 is 5.69 Å². The van der Waals surface area contributed by atoms with Gasteiger partial charge in [-0.2, -0.15) is 0 Å². The molecular weight excluding hydrogens is 316 g/mol. The summed E-state index contributed by atoms with van der Waals surface area (Å²) in [7, 11) is 1.69. The van der Waals surface area contributed by atoms with Crippen LogP contribution in [0.25, 0.3) is 11.4 Å². The van der Waals surface area contributed by atoms with E-state index in [0.717, 1.165) is 11.1 Å². The Morgan fingerprint density at radius 1 is 1.08 bits per heavy atom. The van der Waals surface area contributed by atoms with E-state index in [1.54, 1.807) is 19.2 Å². The number of hydrogen-bond donors (Lipinski definition) is 1. The van der Waals surface area contributed by atoms with E-state index in [-0.39, 0.29) is 11.6 Å². The summed E-state index contributed by atoms with van der Waals surface area (Å²) in [5.74, 6) is 0.447. The summed E-state index contributed by atoms with van der Waals surface area (Å²) in [6, 6.07) is 16.9. The summed E-state index contributed by atoms with van der Waals surface area (Å²) >= 11 is 0. The van der Waals surface area contributed by atoms with Crippen LogP contribution in [0.4, 0.5) is 0 Å². The lowest BCUT2D eigenvalue weighted by Crippen LogP contribution is -2.31. The van der Waals surface area contributed by atoms with Crippen molar-refractivity contribution >= 4 is 5.91 Å². The van der Waals surface area contributed by atoms with Crippen molar-refractivity contribution in [3.8, 4) is 11.4 Å². The summed E-state index contributed by atoms with van der Waals surface area (Å²) in [5, 5.41) is 7.19. The largest absolute Gasteiger partial charge is 0.350 e. The van der Waals surface area contributed by atoms with Crippen LogP contribution in [-0.2, 0) is 13.6 Å². The van der Waals surface area contributed by atoms with E-state index in [9.17, 15) is 9.59 Å². The van der Waals surface area contributed by atoms with Gasteiger partial charge < -0.3 is 5.32 Å². The maximum Gasteiger partial charge on any atom is 0.345 e. The van der Waals surface area contributed by atoms with Crippen LogP contribution in [-0.4, -0.2) is 26.8 Å². The highest BCUT2D eigenvalue weighted by Gasteiger charge is 2.12. The van der Waals surface area contributed by atoms with Crippen LogP contribution >= 0.6 is 0 Å². The highest BCUT2D eigenvalue weighted by molar-refractivity contribution is 5.94. The Morgan fingerprint density at radius 3 is 2.44 bits per heavy atom. The second-order valence-electron chi connectivity index (χ2n) is 5.88. The summed E-state index contributed by atoms with van der Waals surface area (Å²) in [5.41, 5.74) is 2.38. The summed E-state index contributed by atoms with van der Waals surface area (Å²) in [6.45, 7) is 2.62. The molecule has 3 aromatic rings. The Bertz CT molecular complexity index is 924. The zero-order valence-electron chi connectivity index (χ0n) is 14.3. The molecule has 0 aliphatic carbocycles. The Labute approximate surface area is 145 Å². The molecule has 0 aliphatic heterocycles. The average Bonchev–Trinajstić information content (AvgIpc) is 2.91. The van der Waals surface area contributed by atoms with Crippen molar-refractivity contribution in [3.63, 3.8) is 0 Å². The van der Waals surface area contributed by atoms with Gasteiger partial charge in [0.1, 0.15) is 0 Å². The first kappa shape index (κ1) is 16.7. The average molecular weight is 336 g/mol. The fourth-order valence-electron chi connectivity index (χ4n) is 2.55. The molecule has 0 saturated heterocycles. The van der Waals surface area contributed by atoms with Gasteiger partial charge in [0.2, 0.25) is 0 Å². The van der Waals surface area contributed by atoms with Crippen molar-refractivity contribution < 1.29 is 4.79 Å². The van der Waals surface area contributed by atoms with Crippen molar-refractivity contribution in [1.29, 1.82) is 0 Å². The molecule has 0 spiro atoms. The van der Waals surface area contributed by atoms with E-state index >= 15 is 0 Å². The number of rotatable bonds is 5. The van der Waals surface area contributed by atoms with E-state index in [1.165, 1.54) is 9.25 Å². The molecule has 1 N–H and O–H groups in total. The number of aryl methyl sites for hydroxylation is 1. The summed E-state index contributed by atoms with van der Waals surface area (Å²) in [4.78, 5) is 24.4. The lowest BCUT2D eigenvalue weighted by atomic mass is 10.1. The van der Waals surface area contributed by atoms with Gasteiger partial charge in [-0.05, 0) is 19.1 Å². The van der Waals surface area contributed by atoms with Gasteiger partial charge in [-0.1, -0.05) is 48.0 Å². The minimum absolute atomic E-state index is 0.160. The SMILES string of the molecule is Cc1ccc(C(=O)NCCn2nc(-c3ccccc3)n(C)c2=O)cc1. The molecule has 0 atom stereocenters. The third-order valence-corrected chi connectivity index (χ3v) is 4.00. The number of benzene rings is 2. The molecule has 25 heavy (non-hydrogen) atoms. The molecule has 0 radical (unpaired) electrons. The Morgan fingerprint density at radius 2 is 1.76 bits per heavy atom. The van der Waals surface area contributed by atoms with Crippen LogP contribution in [0.2, 0.25) is 0 Å². The minimum atomic E-state index is -0.205. The summed E-state index contributed by atoms with van der Waals surface area (Å²) in [6.07, 6.45) is 0. The van der Waals surface area contributed by atoms with Crippen LogP contribution in [0.3, 0.4) is 0 Å². The molecule has 0 saturated carbocycles. The highest BCUT2D eigenvalue weighted by atomic mass is 16.2. The van der Waals surface area contributed by atoms with Crippen molar-refractivity contribution in [2.75, 3.05) is 6.54 Å². The van der Waals surface area contributed by atoms with Gasteiger partial charge in [-0.25, -0.2) is 9.48 Å². The number of amides is 1. The van der Waals surface area contributed by atoms with Crippen molar-refractivity contribution in [3.05, 3.63) is 76.2 Å². The lowest BCUT2D eigenvalue weighted by molar-refractivity contribution is 0.0952. The zero-order chi connectivity index (χ0) is 17.8. The second kappa shape index (κ2) is 7.17. The minimum Gasteiger partial charge on any atom is -0.350 e. The first-order valence-corrected chi connectivity index (χ1v) is 8.10. The van der Waals surface area contributed by atoms with Crippen molar-refractivity contribution in [1.82, 2.24) is 19.7 Å². The van der Waals surface area contributed by atoms with Crippen LogP contribution in [0.5, 0.6) is 0 Å². The number of nitrogens with zero attached hydrogens (tertiary/aromatic N) is 3. The Kier molecular flexibility index (Phi) is 4.79.